The number of rotatable bonds is 2. The summed E-state index contributed by atoms with van der Waals surface area (Å²) in [5.74, 6) is -0.674. The number of carbonyl (C=O) groups excluding carboxylic acids is 1. The Kier molecular flexibility index (Phi) is 3.00. The monoisotopic (exact) mass is 161 g/mol. The van der Waals surface area contributed by atoms with Crippen molar-refractivity contribution in [2.24, 2.45) is 0 Å². The molecule has 0 fully saturated rings. The molecule has 0 radical (unpaired) electrons. The van der Waals surface area contributed by atoms with Crippen LogP contribution < -0.4 is 5.32 Å². The van der Waals surface area contributed by atoms with E-state index in [1.165, 1.54) is 21.0 Å². The van der Waals surface area contributed by atoms with Crippen LogP contribution in [0.4, 0.5) is 4.79 Å². The molecule has 0 aromatic heterocycles. The van der Waals surface area contributed by atoms with Crippen molar-refractivity contribution in [1.82, 2.24) is 5.32 Å². The zero-order valence-corrected chi connectivity index (χ0v) is 6.67. The van der Waals surface area contributed by atoms with Crippen LogP contribution in [-0.4, -0.2) is 29.8 Å². The molecule has 0 aromatic carbocycles. The normalized spacial score (nSPS) is 10.8. The van der Waals surface area contributed by atoms with Crippen LogP contribution in [0.25, 0.3) is 0 Å². The van der Waals surface area contributed by atoms with Crippen molar-refractivity contribution in [3.63, 3.8) is 0 Å². The fraction of sp³-hybridized carbons (Fsp3) is 0.667. The first-order valence-electron chi connectivity index (χ1n) is 2.99. The molecule has 0 spiro atoms. The molecule has 0 aliphatic carbocycles. The molecule has 0 unspecified atom stereocenters. The average Bonchev–Trinajstić information content (AvgIpc) is 1.86. The third kappa shape index (κ3) is 2.99. The number of hydrogen-bond donors (Lipinski definition) is 2. The predicted molar refractivity (Wildman–Crippen MR) is 37.3 cm³/mol. The minimum atomic E-state index is -1.37. The third-order valence-electron chi connectivity index (χ3n) is 1.28. The summed E-state index contributed by atoms with van der Waals surface area (Å²) in [6.07, 6.45) is -1.37. The highest BCUT2D eigenvalue weighted by Gasteiger charge is 2.28. The Hall–Kier alpha value is -1.10. The summed E-state index contributed by atoms with van der Waals surface area (Å²) in [5, 5.41) is 9.84. The van der Waals surface area contributed by atoms with Gasteiger partial charge in [-0.1, -0.05) is 0 Å². The molecule has 0 aliphatic rings. The second-order valence-corrected chi connectivity index (χ2v) is 2.47. The molecule has 2 N–H and O–H groups in total. The molecular weight excluding hydrogens is 150 g/mol. The number of imide groups is 1. The van der Waals surface area contributed by atoms with Crippen LogP contribution in [0.2, 0.25) is 0 Å². The van der Waals surface area contributed by atoms with Crippen molar-refractivity contribution in [3.8, 4) is 0 Å². The van der Waals surface area contributed by atoms with E-state index in [1.807, 2.05) is 0 Å². The van der Waals surface area contributed by atoms with E-state index in [-0.39, 0.29) is 0 Å². The predicted octanol–water partition coefficient (Wildman–Crippen LogP) is 0.206. The summed E-state index contributed by atoms with van der Waals surface area (Å²) in [6, 6.07) is 0. The van der Waals surface area contributed by atoms with E-state index in [1.54, 1.807) is 5.32 Å². The second kappa shape index (κ2) is 3.34. The summed E-state index contributed by atoms with van der Waals surface area (Å²) >= 11 is 0. The van der Waals surface area contributed by atoms with Gasteiger partial charge in [-0.15, -0.1) is 0 Å². The van der Waals surface area contributed by atoms with E-state index < -0.39 is 17.6 Å². The van der Waals surface area contributed by atoms with Gasteiger partial charge in [-0.3, -0.25) is 10.1 Å². The lowest BCUT2D eigenvalue weighted by Crippen LogP contribution is -2.45. The lowest BCUT2D eigenvalue weighted by atomic mass is 10.1. The summed E-state index contributed by atoms with van der Waals surface area (Å²) in [5.41, 5.74) is -1.10. The Bertz CT molecular complexity index is 175. The van der Waals surface area contributed by atoms with Crippen molar-refractivity contribution in [2.45, 2.75) is 19.4 Å². The van der Waals surface area contributed by atoms with Gasteiger partial charge >= 0.3 is 6.09 Å². The molecule has 0 saturated heterocycles. The fourth-order valence-corrected chi connectivity index (χ4v) is 0.340. The fourth-order valence-electron chi connectivity index (χ4n) is 0.340. The van der Waals surface area contributed by atoms with Gasteiger partial charge in [0.25, 0.3) is 5.91 Å². The highest BCUT2D eigenvalue weighted by molar-refractivity contribution is 5.95. The molecule has 0 aliphatic heterocycles. The Labute approximate surface area is 64.3 Å². The quantitative estimate of drug-likeness (QED) is 0.606. The van der Waals surface area contributed by atoms with Gasteiger partial charge in [-0.05, 0) is 13.8 Å². The molecule has 5 heteroatoms. The standard InChI is InChI=1S/C6H11NO4/c1-6(2,11-3)4(8)7-5(9)10/h1-3H3,(H,7,8)(H,9,10). The number of amides is 2. The number of hydrogen-bond acceptors (Lipinski definition) is 3. The second-order valence-electron chi connectivity index (χ2n) is 2.47. The topological polar surface area (TPSA) is 75.6 Å². The molecule has 0 bridgehead atoms. The van der Waals surface area contributed by atoms with E-state index in [9.17, 15) is 9.59 Å². The Morgan fingerprint density at radius 2 is 1.91 bits per heavy atom. The first kappa shape index (κ1) is 9.90. The van der Waals surface area contributed by atoms with Crippen LogP contribution >= 0.6 is 0 Å². The van der Waals surface area contributed by atoms with Gasteiger partial charge < -0.3 is 9.84 Å². The van der Waals surface area contributed by atoms with Gasteiger partial charge in [0.15, 0.2) is 0 Å². The summed E-state index contributed by atoms with van der Waals surface area (Å²) in [7, 11) is 1.33. The Morgan fingerprint density at radius 1 is 1.45 bits per heavy atom. The van der Waals surface area contributed by atoms with Crippen molar-refractivity contribution in [3.05, 3.63) is 0 Å². The van der Waals surface area contributed by atoms with Crippen LogP contribution in [0.15, 0.2) is 0 Å². The minimum Gasteiger partial charge on any atom is -0.465 e. The van der Waals surface area contributed by atoms with E-state index in [0.717, 1.165) is 0 Å². The van der Waals surface area contributed by atoms with Crippen molar-refractivity contribution < 1.29 is 19.4 Å². The minimum absolute atomic E-state index is 0.674. The smallest absolute Gasteiger partial charge is 0.411 e. The van der Waals surface area contributed by atoms with Gasteiger partial charge in [0.05, 0.1) is 0 Å². The first-order valence-corrected chi connectivity index (χ1v) is 2.99. The number of methoxy groups -OCH3 is 1. The maximum atomic E-state index is 10.9. The molecule has 0 atom stereocenters. The highest BCUT2D eigenvalue weighted by Crippen LogP contribution is 2.06. The van der Waals surface area contributed by atoms with Gasteiger partial charge in [0.1, 0.15) is 5.60 Å². The van der Waals surface area contributed by atoms with Gasteiger partial charge in [0, 0.05) is 7.11 Å². The summed E-state index contributed by atoms with van der Waals surface area (Å²) < 4.78 is 4.72. The maximum absolute atomic E-state index is 10.9. The van der Waals surface area contributed by atoms with Crippen LogP contribution in [-0.2, 0) is 9.53 Å². The van der Waals surface area contributed by atoms with Gasteiger partial charge in [0.2, 0.25) is 0 Å². The van der Waals surface area contributed by atoms with Crippen LogP contribution in [0, 0.1) is 0 Å². The molecular formula is C6H11NO4. The van der Waals surface area contributed by atoms with Crippen LogP contribution in [0.3, 0.4) is 0 Å². The lowest BCUT2D eigenvalue weighted by molar-refractivity contribution is -0.138. The molecule has 2 amide bonds. The van der Waals surface area contributed by atoms with E-state index in [2.05, 4.69) is 0 Å². The zero-order chi connectivity index (χ0) is 9.07. The molecule has 5 nitrogen and oxygen atoms in total. The number of nitrogens with one attached hydrogen (secondary N) is 1. The summed E-state index contributed by atoms with van der Waals surface area (Å²) in [6.45, 7) is 2.95. The van der Waals surface area contributed by atoms with E-state index in [4.69, 9.17) is 9.84 Å². The largest absolute Gasteiger partial charge is 0.465 e. The number of carboxylic acid groups (broad SMARTS) is 1. The van der Waals surface area contributed by atoms with Crippen LogP contribution in [0.1, 0.15) is 13.8 Å². The van der Waals surface area contributed by atoms with E-state index in [0.29, 0.717) is 0 Å². The Balaban J connectivity index is 4.13. The van der Waals surface area contributed by atoms with Gasteiger partial charge in [-0.25, -0.2) is 4.79 Å². The molecule has 11 heavy (non-hydrogen) atoms. The van der Waals surface area contributed by atoms with Crippen molar-refractivity contribution in [2.75, 3.05) is 7.11 Å². The third-order valence-corrected chi connectivity index (χ3v) is 1.28. The first-order chi connectivity index (χ1) is 4.90. The zero-order valence-electron chi connectivity index (χ0n) is 6.67. The number of ether oxygens (including phenoxy) is 1. The molecule has 0 rings (SSSR count). The number of carbonyl (C=O) groups is 2. The summed E-state index contributed by atoms with van der Waals surface area (Å²) in [4.78, 5) is 20.9. The SMILES string of the molecule is COC(C)(C)C(=O)NC(=O)O. The molecule has 0 aromatic rings. The molecule has 0 heterocycles. The van der Waals surface area contributed by atoms with Crippen LogP contribution in [0.5, 0.6) is 0 Å². The van der Waals surface area contributed by atoms with Crippen molar-refractivity contribution in [1.29, 1.82) is 0 Å². The Morgan fingerprint density at radius 3 is 2.18 bits per heavy atom. The van der Waals surface area contributed by atoms with Crippen molar-refractivity contribution >= 4 is 12.0 Å². The highest BCUT2D eigenvalue weighted by atomic mass is 16.5. The lowest BCUT2D eigenvalue weighted by Gasteiger charge is -2.19. The van der Waals surface area contributed by atoms with E-state index >= 15 is 0 Å². The molecule has 64 valence electrons. The maximum Gasteiger partial charge on any atom is 0.411 e. The average molecular weight is 161 g/mol. The van der Waals surface area contributed by atoms with Gasteiger partial charge in [-0.2, -0.15) is 0 Å². The molecule has 0 saturated carbocycles.